The highest BCUT2D eigenvalue weighted by Gasteiger charge is 2.19. The summed E-state index contributed by atoms with van der Waals surface area (Å²) in [5, 5.41) is 3.41. The van der Waals surface area contributed by atoms with Crippen molar-refractivity contribution in [2.45, 2.75) is 20.3 Å². The second-order valence-electron chi connectivity index (χ2n) is 6.04. The first-order valence-corrected chi connectivity index (χ1v) is 9.22. The number of hydrogen-bond donors (Lipinski definition) is 3. The van der Waals surface area contributed by atoms with Gasteiger partial charge < -0.3 is 20.8 Å². The van der Waals surface area contributed by atoms with E-state index in [4.69, 9.17) is 10.5 Å². The number of anilines is 2. The summed E-state index contributed by atoms with van der Waals surface area (Å²) >= 11 is 1.12. The number of thiophene rings is 1. The minimum Gasteiger partial charge on any atom is -0.462 e. The number of fused-ring (bicyclic) bond motifs is 1. The van der Waals surface area contributed by atoms with Gasteiger partial charge in [-0.1, -0.05) is 13.0 Å². The van der Waals surface area contributed by atoms with Crippen molar-refractivity contribution in [2.75, 3.05) is 17.7 Å². The van der Waals surface area contributed by atoms with Gasteiger partial charge in [-0.25, -0.2) is 4.79 Å². The highest BCUT2D eigenvalue weighted by Crippen LogP contribution is 2.34. The Balaban J connectivity index is 1.87. The van der Waals surface area contributed by atoms with E-state index in [9.17, 15) is 14.4 Å². The highest BCUT2D eigenvalue weighted by atomic mass is 32.1. The van der Waals surface area contributed by atoms with Gasteiger partial charge in [0.1, 0.15) is 9.71 Å². The maximum Gasteiger partial charge on any atom is 0.338 e. The molecule has 0 saturated carbocycles. The predicted molar refractivity (Wildman–Crippen MR) is 107 cm³/mol. The number of aromatic amines is 1. The number of pyridine rings is 1. The number of aromatic nitrogens is 1. The van der Waals surface area contributed by atoms with Crippen LogP contribution in [0.2, 0.25) is 0 Å². The molecule has 0 aliphatic rings. The molecule has 3 aromatic rings. The zero-order valence-corrected chi connectivity index (χ0v) is 15.7. The maximum atomic E-state index is 12.7. The van der Waals surface area contributed by atoms with Gasteiger partial charge in [0.05, 0.1) is 17.9 Å². The number of amides is 1. The molecule has 0 spiro atoms. The third kappa shape index (κ3) is 3.85. The predicted octanol–water partition coefficient (Wildman–Crippen LogP) is 3.30. The summed E-state index contributed by atoms with van der Waals surface area (Å²) < 4.78 is 5.10. The number of hydrogen-bond acceptors (Lipinski definition) is 6. The zero-order valence-electron chi connectivity index (χ0n) is 14.9. The van der Waals surface area contributed by atoms with Crippen molar-refractivity contribution in [3.8, 4) is 0 Å². The molecule has 0 saturated heterocycles. The molecule has 0 unspecified atom stereocenters. The van der Waals surface area contributed by atoms with Gasteiger partial charge in [0, 0.05) is 17.1 Å². The first kappa shape index (κ1) is 18.7. The molecule has 0 aliphatic carbocycles. The molecule has 0 fully saturated rings. The largest absolute Gasteiger partial charge is 0.462 e. The lowest BCUT2D eigenvalue weighted by Crippen LogP contribution is -2.13. The number of nitrogens with two attached hydrogens (primary N) is 1. The molecule has 1 amide bonds. The van der Waals surface area contributed by atoms with Crippen LogP contribution in [-0.4, -0.2) is 23.5 Å². The van der Waals surface area contributed by atoms with Crippen LogP contribution < -0.4 is 16.6 Å². The van der Waals surface area contributed by atoms with Crippen molar-refractivity contribution in [3.63, 3.8) is 0 Å². The number of esters is 1. The van der Waals surface area contributed by atoms with Gasteiger partial charge in [-0.05, 0) is 37.1 Å². The van der Waals surface area contributed by atoms with Gasteiger partial charge in [0.25, 0.3) is 5.91 Å². The summed E-state index contributed by atoms with van der Waals surface area (Å²) in [6.45, 7) is 4.02. The normalized spacial score (nSPS) is 10.7. The van der Waals surface area contributed by atoms with Gasteiger partial charge in [0.15, 0.2) is 0 Å². The number of carbonyl (C=O) groups excluding carboxylic acids is 2. The van der Waals surface area contributed by atoms with Crippen molar-refractivity contribution >= 4 is 44.8 Å². The molecular weight excluding hydrogens is 366 g/mol. The SMILES string of the molecule is CCCOC(=O)c1cccc(NC(=O)c2sc3[nH]c(=O)cc(C)c3c2N)c1. The molecule has 27 heavy (non-hydrogen) atoms. The number of benzene rings is 1. The number of aryl methyl sites for hydroxylation is 1. The minimum absolute atomic E-state index is 0.244. The molecule has 3 rings (SSSR count). The number of carbonyl (C=O) groups is 2. The number of H-pyrrole nitrogens is 1. The average Bonchev–Trinajstić information content (AvgIpc) is 2.96. The van der Waals surface area contributed by atoms with E-state index >= 15 is 0 Å². The second kappa shape index (κ2) is 7.63. The van der Waals surface area contributed by atoms with Crippen molar-refractivity contribution in [1.29, 1.82) is 0 Å². The Morgan fingerprint density at radius 1 is 1.30 bits per heavy atom. The Morgan fingerprint density at radius 3 is 2.81 bits per heavy atom. The fourth-order valence-electron chi connectivity index (χ4n) is 2.70. The molecule has 0 aliphatic heterocycles. The quantitative estimate of drug-likeness (QED) is 0.583. The molecule has 7 nitrogen and oxygen atoms in total. The summed E-state index contributed by atoms with van der Waals surface area (Å²) in [4.78, 5) is 39.8. The van der Waals surface area contributed by atoms with Crippen molar-refractivity contribution in [3.05, 3.63) is 56.7 Å². The van der Waals surface area contributed by atoms with Gasteiger partial charge in [0.2, 0.25) is 5.56 Å². The molecule has 4 N–H and O–H groups in total. The van der Waals surface area contributed by atoms with Crippen LogP contribution in [0.1, 0.15) is 38.9 Å². The van der Waals surface area contributed by atoms with Crippen molar-refractivity contribution < 1.29 is 14.3 Å². The van der Waals surface area contributed by atoms with E-state index in [1.54, 1.807) is 31.2 Å². The van der Waals surface area contributed by atoms with E-state index in [-0.39, 0.29) is 5.56 Å². The van der Waals surface area contributed by atoms with Gasteiger partial charge in [-0.15, -0.1) is 11.3 Å². The van der Waals surface area contributed by atoms with Crippen LogP contribution in [0.15, 0.2) is 35.1 Å². The molecule has 140 valence electrons. The van der Waals surface area contributed by atoms with Crippen molar-refractivity contribution in [1.82, 2.24) is 4.98 Å². The summed E-state index contributed by atoms with van der Waals surface area (Å²) in [6, 6.07) is 7.94. The molecule has 0 radical (unpaired) electrons. The Bertz CT molecular complexity index is 1080. The van der Waals surface area contributed by atoms with Crippen LogP contribution in [0.4, 0.5) is 11.4 Å². The molecule has 0 bridgehead atoms. The molecule has 1 aromatic carbocycles. The van der Waals surface area contributed by atoms with E-state index in [0.717, 1.165) is 17.8 Å². The first-order chi connectivity index (χ1) is 12.9. The molecule has 0 atom stereocenters. The lowest BCUT2D eigenvalue weighted by atomic mass is 10.1. The number of nitrogens with one attached hydrogen (secondary N) is 2. The third-order valence-corrected chi connectivity index (χ3v) is 5.04. The van der Waals surface area contributed by atoms with Crippen molar-refractivity contribution in [2.24, 2.45) is 0 Å². The Kier molecular flexibility index (Phi) is 5.27. The number of nitrogen functional groups attached to an aromatic ring is 1. The lowest BCUT2D eigenvalue weighted by Gasteiger charge is -2.07. The Hall–Kier alpha value is -3.13. The van der Waals surface area contributed by atoms with Crippen LogP contribution in [0.5, 0.6) is 0 Å². The van der Waals surface area contributed by atoms with Crippen LogP contribution in [0.25, 0.3) is 10.2 Å². The lowest BCUT2D eigenvalue weighted by molar-refractivity contribution is 0.0505. The van der Waals surface area contributed by atoms with Gasteiger partial charge in [-0.3, -0.25) is 9.59 Å². The summed E-state index contributed by atoms with van der Waals surface area (Å²) in [5.74, 6) is -0.851. The van der Waals surface area contributed by atoms with Crippen LogP contribution in [0.3, 0.4) is 0 Å². The van der Waals surface area contributed by atoms with Crippen LogP contribution in [-0.2, 0) is 4.74 Å². The second-order valence-corrected chi connectivity index (χ2v) is 7.06. The number of ether oxygens (including phenoxy) is 1. The van der Waals surface area contributed by atoms with E-state index < -0.39 is 11.9 Å². The zero-order chi connectivity index (χ0) is 19.6. The Morgan fingerprint density at radius 2 is 2.07 bits per heavy atom. The fourth-order valence-corrected chi connectivity index (χ4v) is 3.78. The summed E-state index contributed by atoms with van der Waals surface area (Å²) in [6.07, 6.45) is 0.731. The van der Waals surface area contributed by atoms with E-state index in [1.807, 2.05) is 6.92 Å². The topological polar surface area (TPSA) is 114 Å². The third-order valence-electron chi connectivity index (χ3n) is 3.92. The number of rotatable bonds is 5. The minimum atomic E-state index is -0.442. The molecule has 2 aromatic heterocycles. The Labute approximate surface area is 159 Å². The summed E-state index contributed by atoms with van der Waals surface area (Å²) in [7, 11) is 0. The molecule has 2 heterocycles. The van der Waals surface area contributed by atoms with Gasteiger partial charge in [-0.2, -0.15) is 0 Å². The summed E-state index contributed by atoms with van der Waals surface area (Å²) in [5.41, 5.74) is 7.72. The highest BCUT2D eigenvalue weighted by molar-refractivity contribution is 7.21. The first-order valence-electron chi connectivity index (χ1n) is 8.41. The average molecular weight is 385 g/mol. The van der Waals surface area contributed by atoms with E-state index in [2.05, 4.69) is 10.3 Å². The standard InChI is InChI=1S/C19H19N3O4S/c1-3-7-26-19(25)11-5-4-6-12(9-11)21-17(24)16-15(20)14-10(2)8-13(23)22-18(14)27-16/h4-6,8-9H,3,7,20H2,1-2H3,(H,21,24)(H,22,23). The van der Waals surface area contributed by atoms with Crippen LogP contribution >= 0.6 is 11.3 Å². The van der Waals surface area contributed by atoms with E-state index in [0.29, 0.717) is 44.2 Å². The smallest absolute Gasteiger partial charge is 0.338 e. The molecule has 8 heteroatoms. The maximum absolute atomic E-state index is 12.7. The van der Waals surface area contributed by atoms with Crippen LogP contribution in [0, 0.1) is 6.92 Å². The van der Waals surface area contributed by atoms with E-state index in [1.165, 1.54) is 6.07 Å². The monoisotopic (exact) mass is 385 g/mol. The fraction of sp³-hybridized carbons (Fsp3) is 0.211. The van der Waals surface area contributed by atoms with Gasteiger partial charge >= 0.3 is 5.97 Å². The molecular formula is C19H19N3O4S.